The van der Waals surface area contributed by atoms with Gasteiger partial charge in [0.2, 0.25) is 23.6 Å². The van der Waals surface area contributed by atoms with Crippen LogP contribution in [-0.2, 0) is 35.6 Å². The van der Waals surface area contributed by atoms with Crippen molar-refractivity contribution in [3.05, 3.63) is 83.9 Å². The van der Waals surface area contributed by atoms with Crippen LogP contribution in [0.4, 0.5) is 5.69 Å². The Morgan fingerprint density at radius 3 is 1.83 bits per heavy atom. The molecule has 2 aromatic heterocycles. The maximum Gasteiger partial charge on any atom is 0.248 e. The molecule has 4 aromatic rings. The number of rotatable bonds is 20. The summed E-state index contributed by atoms with van der Waals surface area (Å²) >= 11 is 0. The summed E-state index contributed by atoms with van der Waals surface area (Å²) in [7, 11) is -3.89. The van der Waals surface area contributed by atoms with Crippen molar-refractivity contribution in [3.63, 3.8) is 0 Å². The number of piperidine rings is 1. The third-order valence-corrected chi connectivity index (χ3v) is 21.2. The maximum atomic E-state index is 15.3. The predicted octanol–water partition coefficient (Wildman–Crippen LogP) is 4.91. The number of β-amino-alcohol motifs (C(OH)–C–C–N with tert-alkyl or cyclic N) is 2. The van der Waals surface area contributed by atoms with Crippen molar-refractivity contribution in [2.75, 3.05) is 43.4 Å². The number of likely N-dealkylation sites (tertiary alicyclic amines) is 3. The SMILES string of the molecule is CC(C)C1N(Cc2ccccc2)CC12C[C@@H](O)[C@H](NC(=O)[C@@H]1C[C@@H](O)CN1C(=O)[C@@H](n1cc(C3CC3)nn1)C(C)(C)CCCS(=O)(=O)c1ccccc1N1CCC(NC(=O)[C@@H]3C[C@@H](O)CN3C(=O)[C@@H](n3cc(C4CC4)nn3)C(C)(C)C)CC1)C2. The van der Waals surface area contributed by atoms with Gasteiger partial charge >= 0.3 is 0 Å². The summed E-state index contributed by atoms with van der Waals surface area (Å²) in [6.07, 6.45) is 7.91. The molecule has 7 aliphatic rings. The van der Waals surface area contributed by atoms with Crippen LogP contribution in [0.1, 0.15) is 166 Å². The number of anilines is 1. The van der Waals surface area contributed by atoms with E-state index in [0.717, 1.165) is 50.2 Å². The smallest absolute Gasteiger partial charge is 0.248 e. The molecule has 6 heterocycles. The van der Waals surface area contributed by atoms with E-state index >= 15 is 4.79 Å². The summed E-state index contributed by atoms with van der Waals surface area (Å²) in [6, 6.07) is 13.2. The maximum absolute atomic E-state index is 15.3. The summed E-state index contributed by atoms with van der Waals surface area (Å²) in [5, 5.41) is 57.6. The van der Waals surface area contributed by atoms with Gasteiger partial charge in [-0.05, 0) is 98.7 Å². The number of carbonyl (C=O) groups is 4. The summed E-state index contributed by atoms with van der Waals surface area (Å²) in [4.78, 5) is 65.8. The highest BCUT2D eigenvalue weighted by atomic mass is 32.2. The van der Waals surface area contributed by atoms with Crippen LogP contribution in [-0.4, -0.2) is 179 Å². The minimum atomic E-state index is -3.89. The Morgan fingerprint density at radius 1 is 0.714 bits per heavy atom. The zero-order valence-corrected chi connectivity index (χ0v) is 50.8. The van der Waals surface area contributed by atoms with E-state index in [-0.39, 0.29) is 84.7 Å². The van der Waals surface area contributed by atoms with Crippen LogP contribution in [0, 0.1) is 22.2 Å². The second-order valence-electron chi connectivity index (χ2n) is 27.9. The largest absolute Gasteiger partial charge is 0.391 e. The molecule has 0 bridgehead atoms. The highest BCUT2D eigenvalue weighted by Gasteiger charge is 2.60. The van der Waals surface area contributed by atoms with Crippen molar-refractivity contribution < 1.29 is 42.9 Å². The number of amides is 4. The van der Waals surface area contributed by atoms with Gasteiger partial charge in [-0.25, -0.2) is 17.8 Å². The van der Waals surface area contributed by atoms with Gasteiger partial charge in [0.15, 0.2) is 9.84 Å². The Hall–Kier alpha value is -5.81. The molecule has 4 aliphatic heterocycles. The van der Waals surface area contributed by atoms with Crippen molar-refractivity contribution in [1.82, 2.24) is 55.3 Å². The van der Waals surface area contributed by atoms with Gasteiger partial charge in [-0.1, -0.05) is 101 Å². The summed E-state index contributed by atoms with van der Waals surface area (Å²) in [5.41, 5.74) is 1.79. The number of para-hydroxylation sites is 1. The second kappa shape index (κ2) is 23.5. The van der Waals surface area contributed by atoms with Crippen LogP contribution < -0.4 is 15.5 Å². The van der Waals surface area contributed by atoms with E-state index in [1.807, 2.05) is 76.0 Å². The number of aliphatic hydroxyl groups excluding tert-OH is 3. The van der Waals surface area contributed by atoms with Crippen molar-refractivity contribution in [3.8, 4) is 0 Å². The third-order valence-electron chi connectivity index (χ3n) is 19.4. The first-order valence-corrected chi connectivity index (χ1v) is 32.5. The van der Waals surface area contributed by atoms with E-state index in [4.69, 9.17) is 0 Å². The lowest BCUT2D eigenvalue weighted by Gasteiger charge is -2.58. The normalized spacial score (nSPS) is 27.8. The molecule has 2 unspecified atom stereocenters. The van der Waals surface area contributed by atoms with E-state index in [1.165, 1.54) is 15.4 Å². The van der Waals surface area contributed by atoms with E-state index < -0.39 is 81.0 Å². The van der Waals surface area contributed by atoms with Gasteiger partial charge in [0.25, 0.3) is 0 Å². The predicted molar refractivity (Wildman–Crippen MR) is 314 cm³/mol. The second-order valence-corrected chi connectivity index (χ2v) is 30.0. The number of hydrogen-bond acceptors (Lipinski definition) is 15. The van der Waals surface area contributed by atoms with Gasteiger partial charge in [-0.15, -0.1) is 10.2 Å². The monoisotopic (exact) mass is 1180 g/mol. The molecule has 84 heavy (non-hydrogen) atoms. The van der Waals surface area contributed by atoms with E-state index in [1.54, 1.807) is 27.7 Å². The quantitative estimate of drug-likeness (QED) is 0.0788. The number of nitrogens with one attached hydrogen (secondary N) is 2. The fourth-order valence-corrected chi connectivity index (χ4v) is 16.6. The number of nitrogens with zero attached hydrogens (tertiary/aromatic N) is 10. The van der Waals surface area contributed by atoms with Crippen molar-refractivity contribution in [2.45, 2.75) is 209 Å². The zero-order chi connectivity index (χ0) is 59.6. The average Bonchev–Trinajstić information content (AvgIpc) is 2.45. The van der Waals surface area contributed by atoms with Crippen LogP contribution in [0.15, 0.2) is 71.9 Å². The van der Waals surface area contributed by atoms with Gasteiger partial charge in [-0.3, -0.25) is 24.1 Å². The van der Waals surface area contributed by atoms with Crippen LogP contribution >= 0.6 is 0 Å². The fourth-order valence-electron chi connectivity index (χ4n) is 15.1. The molecular formula is C62H88N12O9S. The van der Waals surface area contributed by atoms with E-state index in [9.17, 15) is 38.1 Å². The Labute approximate surface area is 494 Å². The molecule has 5 N–H and O–H groups in total. The molecule has 456 valence electrons. The van der Waals surface area contributed by atoms with Gasteiger partial charge in [0, 0.05) is 93.8 Å². The van der Waals surface area contributed by atoms with Crippen molar-refractivity contribution in [1.29, 1.82) is 0 Å². The molecule has 10 atom stereocenters. The van der Waals surface area contributed by atoms with Gasteiger partial charge in [0.1, 0.15) is 24.2 Å². The molecule has 1 spiro atoms. The van der Waals surface area contributed by atoms with Crippen molar-refractivity contribution >= 4 is 39.2 Å². The molecule has 4 saturated heterocycles. The third kappa shape index (κ3) is 12.4. The Morgan fingerprint density at radius 2 is 1.26 bits per heavy atom. The van der Waals surface area contributed by atoms with Crippen LogP contribution in [0.3, 0.4) is 0 Å². The number of sulfone groups is 1. The highest BCUT2D eigenvalue weighted by Crippen LogP contribution is 2.54. The molecular weight excluding hydrogens is 1090 g/mol. The number of carbonyl (C=O) groups excluding carboxylic acids is 4. The average molecular weight is 1180 g/mol. The molecule has 0 radical (unpaired) electrons. The molecule has 11 rings (SSSR count). The van der Waals surface area contributed by atoms with Crippen molar-refractivity contribution in [2.24, 2.45) is 22.2 Å². The van der Waals surface area contributed by atoms with Crippen LogP contribution in [0.5, 0.6) is 0 Å². The first kappa shape index (κ1) is 59.9. The molecule has 4 amide bonds. The summed E-state index contributed by atoms with van der Waals surface area (Å²) < 4.78 is 32.3. The molecule has 3 aliphatic carbocycles. The topological polar surface area (TPSA) is 262 Å². The Kier molecular flexibility index (Phi) is 16.7. The van der Waals surface area contributed by atoms with E-state index in [2.05, 4.69) is 62.1 Å². The Balaban J connectivity index is 0.721. The van der Waals surface area contributed by atoms with Crippen LogP contribution in [0.2, 0.25) is 0 Å². The molecule has 7 fully saturated rings. The fraction of sp³-hybridized carbons (Fsp3) is 0.677. The number of hydrogen-bond donors (Lipinski definition) is 5. The standard InChI is InChI=1S/C62H88N12O9S/c1-38(2)53-62(37-70(53)32-39-14-9-8-10-15-39)30-45(51(77)31-62)64-57(79)50-29-44(76)34-72(50)59(81)55(74-36-47(66-68-74)41-20-21-41)61(6,7)24-13-27-84(82,83)52-17-12-11-16-48(52)69-25-22-42(23-26-69)63-56(78)49-28-43(75)33-71(49)58(80)54(60(3,4)5)73-35-46(65-67-73)40-18-19-40/h8-12,14-17,35-36,38,40-45,49-51,53-55,75-77H,13,18-34,37H2,1-7H3,(H,63,78)(H,64,79)/t43-,44-,45-,49+,50+,51-,53?,54-,55-,62?/m1/s1. The lowest BCUT2D eigenvalue weighted by Crippen LogP contribution is -2.65. The summed E-state index contributed by atoms with van der Waals surface area (Å²) in [5.74, 6) is -0.743. The molecule has 22 heteroatoms. The number of benzene rings is 2. The summed E-state index contributed by atoms with van der Waals surface area (Å²) in [6.45, 7) is 16.6. The molecule has 21 nitrogen and oxygen atoms in total. The van der Waals surface area contributed by atoms with Crippen LogP contribution in [0.25, 0.3) is 0 Å². The van der Waals surface area contributed by atoms with Gasteiger partial charge in [-0.2, -0.15) is 0 Å². The van der Waals surface area contributed by atoms with E-state index in [0.29, 0.717) is 56.3 Å². The minimum Gasteiger partial charge on any atom is -0.391 e. The molecule has 3 saturated carbocycles. The first-order chi connectivity index (χ1) is 39.9. The zero-order valence-electron chi connectivity index (χ0n) is 50.0. The lowest BCUT2D eigenvalue weighted by atomic mass is 9.65. The van der Waals surface area contributed by atoms with Gasteiger partial charge in [0.05, 0.1) is 52.1 Å². The number of aromatic nitrogens is 6. The lowest BCUT2D eigenvalue weighted by molar-refractivity contribution is -0.145. The minimum absolute atomic E-state index is 0.0319. The number of aliphatic hydroxyl groups is 3. The Bertz CT molecular complexity index is 3150. The highest BCUT2D eigenvalue weighted by molar-refractivity contribution is 7.91. The molecule has 2 aromatic carbocycles. The van der Waals surface area contributed by atoms with Gasteiger partial charge < -0.3 is 40.7 Å². The first-order valence-electron chi connectivity index (χ1n) is 30.8.